The fourth-order valence-corrected chi connectivity index (χ4v) is 2.60. The third-order valence-corrected chi connectivity index (χ3v) is 3.96. The van der Waals surface area contributed by atoms with Gasteiger partial charge in [-0.2, -0.15) is 0 Å². The second kappa shape index (κ2) is 7.95. The van der Waals surface area contributed by atoms with Gasteiger partial charge in [0.2, 0.25) is 5.88 Å². The summed E-state index contributed by atoms with van der Waals surface area (Å²) in [6.45, 7) is -0.0677. The monoisotopic (exact) mass is 352 g/mol. The van der Waals surface area contributed by atoms with Gasteiger partial charge >= 0.3 is 5.97 Å². The third kappa shape index (κ3) is 3.99. The highest BCUT2D eigenvalue weighted by atomic mass is 16.5. The lowest BCUT2D eigenvalue weighted by Gasteiger charge is -2.12. The molecule has 0 fully saturated rings. The maximum Gasteiger partial charge on any atom is 0.343 e. The summed E-state index contributed by atoms with van der Waals surface area (Å²) >= 11 is 0. The SMILES string of the molecule is COC(=O)c1cc2ccccc2nc1Oc1ccc(CC(N)CO)cc1. The summed E-state index contributed by atoms with van der Waals surface area (Å²) in [4.78, 5) is 16.5. The van der Waals surface area contributed by atoms with Crippen LogP contribution in [0, 0.1) is 0 Å². The minimum atomic E-state index is -0.510. The number of esters is 1. The highest BCUT2D eigenvalue weighted by molar-refractivity contribution is 5.96. The number of carbonyl (C=O) groups excluding carboxylic acids is 1. The van der Waals surface area contributed by atoms with Crippen LogP contribution in [0.4, 0.5) is 0 Å². The van der Waals surface area contributed by atoms with Gasteiger partial charge in [-0.15, -0.1) is 0 Å². The zero-order valence-electron chi connectivity index (χ0n) is 14.4. The Hall–Kier alpha value is -2.96. The number of benzene rings is 2. The molecule has 3 rings (SSSR count). The number of ether oxygens (including phenoxy) is 2. The summed E-state index contributed by atoms with van der Waals surface area (Å²) < 4.78 is 10.7. The lowest BCUT2D eigenvalue weighted by Crippen LogP contribution is -2.26. The molecule has 134 valence electrons. The summed E-state index contributed by atoms with van der Waals surface area (Å²) in [6.07, 6.45) is 0.568. The zero-order valence-corrected chi connectivity index (χ0v) is 14.4. The largest absolute Gasteiger partial charge is 0.465 e. The molecule has 0 saturated heterocycles. The van der Waals surface area contributed by atoms with Crippen LogP contribution in [-0.2, 0) is 11.2 Å². The van der Waals surface area contributed by atoms with Gasteiger partial charge < -0.3 is 20.3 Å². The first-order valence-electron chi connectivity index (χ1n) is 8.22. The van der Waals surface area contributed by atoms with Crippen molar-refractivity contribution in [2.45, 2.75) is 12.5 Å². The van der Waals surface area contributed by atoms with Crippen LogP contribution in [0.1, 0.15) is 15.9 Å². The van der Waals surface area contributed by atoms with Crippen molar-refractivity contribution in [3.8, 4) is 11.6 Å². The van der Waals surface area contributed by atoms with Crippen LogP contribution in [0.15, 0.2) is 54.6 Å². The molecule has 3 N–H and O–H groups in total. The number of aliphatic hydroxyl groups is 1. The molecule has 6 nitrogen and oxygen atoms in total. The van der Waals surface area contributed by atoms with E-state index in [-0.39, 0.29) is 24.1 Å². The molecule has 1 aromatic heterocycles. The number of rotatable bonds is 6. The lowest BCUT2D eigenvalue weighted by atomic mass is 10.1. The number of hydrogen-bond acceptors (Lipinski definition) is 6. The van der Waals surface area contributed by atoms with Crippen molar-refractivity contribution in [2.75, 3.05) is 13.7 Å². The number of hydrogen-bond donors (Lipinski definition) is 2. The van der Waals surface area contributed by atoms with E-state index in [4.69, 9.17) is 20.3 Å². The lowest BCUT2D eigenvalue weighted by molar-refractivity contribution is 0.0597. The summed E-state index contributed by atoms with van der Waals surface area (Å²) in [7, 11) is 1.32. The standard InChI is InChI=1S/C20H20N2O4/c1-25-20(24)17-11-14-4-2-3-5-18(14)22-19(17)26-16-8-6-13(7-9-16)10-15(21)12-23/h2-9,11,15,23H,10,12,21H2,1H3. The smallest absolute Gasteiger partial charge is 0.343 e. The average molecular weight is 352 g/mol. The van der Waals surface area contributed by atoms with Crippen LogP contribution in [0.5, 0.6) is 11.6 Å². The van der Waals surface area contributed by atoms with Gasteiger partial charge in [-0.25, -0.2) is 9.78 Å². The van der Waals surface area contributed by atoms with Gasteiger partial charge in [0.1, 0.15) is 11.3 Å². The number of aliphatic hydroxyl groups excluding tert-OH is 1. The Labute approximate surface area is 151 Å². The Morgan fingerprint density at radius 1 is 1.19 bits per heavy atom. The van der Waals surface area contributed by atoms with E-state index < -0.39 is 5.97 Å². The Bertz CT molecular complexity index is 909. The highest BCUT2D eigenvalue weighted by Gasteiger charge is 2.17. The molecule has 0 amide bonds. The third-order valence-electron chi connectivity index (χ3n) is 3.96. The molecule has 0 aliphatic rings. The van der Waals surface area contributed by atoms with E-state index in [0.717, 1.165) is 16.5 Å². The van der Waals surface area contributed by atoms with Gasteiger partial charge in [0.15, 0.2) is 0 Å². The van der Waals surface area contributed by atoms with E-state index in [1.807, 2.05) is 36.4 Å². The van der Waals surface area contributed by atoms with Crippen molar-refractivity contribution >= 4 is 16.9 Å². The molecule has 0 saturated carbocycles. The number of nitrogens with two attached hydrogens (primary N) is 1. The maximum atomic E-state index is 12.1. The molecule has 0 bridgehead atoms. The van der Waals surface area contributed by atoms with Crippen LogP contribution < -0.4 is 10.5 Å². The predicted molar refractivity (Wildman–Crippen MR) is 98.4 cm³/mol. The molecule has 0 radical (unpaired) electrons. The van der Waals surface area contributed by atoms with E-state index in [1.165, 1.54) is 7.11 Å². The van der Waals surface area contributed by atoms with Gasteiger partial charge in [0.05, 0.1) is 19.2 Å². The summed E-state index contributed by atoms with van der Waals surface area (Å²) in [5.74, 6) is 0.221. The summed E-state index contributed by atoms with van der Waals surface area (Å²) in [6, 6.07) is 16.2. The normalized spacial score (nSPS) is 12.0. The van der Waals surface area contributed by atoms with Gasteiger partial charge in [-0.05, 0) is 36.2 Å². The highest BCUT2D eigenvalue weighted by Crippen LogP contribution is 2.28. The molecule has 26 heavy (non-hydrogen) atoms. The van der Waals surface area contributed by atoms with Crippen LogP contribution in [0.3, 0.4) is 0 Å². The van der Waals surface area contributed by atoms with Gasteiger partial charge in [0, 0.05) is 11.4 Å². The predicted octanol–water partition coefficient (Wildman–Crippen LogP) is 2.68. The van der Waals surface area contributed by atoms with Crippen LogP contribution in [0.25, 0.3) is 10.9 Å². The number of fused-ring (bicyclic) bond motifs is 1. The Kier molecular flexibility index (Phi) is 5.46. The molecule has 1 unspecified atom stereocenters. The van der Waals surface area contributed by atoms with Gasteiger partial charge in [0.25, 0.3) is 0 Å². The molecule has 1 atom stereocenters. The number of pyridine rings is 1. The van der Waals surface area contributed by atoms with Crippen molar-refractivity contribution in [3.63, 3.8) is 0 Å². The average Bonchev–Trinajstić information content (AvgIpc) is 2.68. The number of carbonyl (C=O) groups is 1. The van der Waals surface area contributed by atoms with E-state index in [9.17, 15) is 4.79 Å². The topological polar surface area (TPSA) is 94.7 Å². The number of nitrogens with zero attached hydrogens (tertiary/aromatic N) is 1. The molecule has 3 aromatic rings. The molecular formula is C20H20N2O4. The molecule has 0 spiro atoms. The second-order valence-corrected chi connectivity index (χ2v) is 5.92. The fourth-order valence-electron chi connectivity index (χ4n) is 2.60. The van der Waals surface area contributed by atoms with Crippen molar-refractivity contribution in [1.29, 1.82) is 0 Å². The minimum absolute atomic E-state index is 0.0677. The van der Waals surface area contributed by atoms with Crippen LogP contribution >= 0.6 is 0 Å². The molecule has 0 aliphatic heterocycles. The number of methoxy groups -OCH3 is 1. The van der Waals surface area contributed by atoms with Gasteiger partial charge in [-0.1, -0.05) is 30.3 Å². The second-order valence-electron chi connectivity index (χ2n) is 5.92. The van der Waals surface area contributed by atoms with Crippen molar-refractivity contribution in [3.05, 3.63) is 65.7 Å². The first kappa shape index (κ1) is 17.8. The fraction of sp³-hybridized carbons (Fsp3) is 0.200. The van der Waals surface area contributed by atoms with E-state index >= 15 is 0 Å². The van der Waals surface area contributed by atoms with E-state index in [0.29, 0.717) is 12.2 Å². The summed E-state index contributed by atoms with van der Waals surface area (Å²) in [5, 5.41) is 9.86. The first-order valence-corrected chi connectivity index (χ1v) is 8.22. The zero-order chi connectivity index (χ0) is 18.5. The minimum Gasteiger partial charge on any atom is -0.465 e. The molecule has 1 heterocycles. The number of aromatic nitrogens is 1. The molecule has 0 aliphatic carbocycles. The first-order chi connectivity index (χ1) is 12.6. The van der Waals surface area contributed by atoms with Crippen LogP contribution in [-0.4, -0.2) is 35.8 Å². The maximum absolute atomic E-state index is 12.1. The Balaban J connectivity index is 1.90. The Morgan fingerprint density at radius 3 is 2.62 bits per heavy atom. The molecule has 2 aromatic carbocycles. The summed E-state index contributed by atoms with van der Waals surface area (Å²) in [5.41, 5.74) is 7.71. The van der Waals surface area contributed by atoms with Crippen LogP contribution in [0.2, 0.25) is 0 Å². The molecule has 6 heteroatoms. The van der Waals surface area contributed by atoms with E-state index in [1.54, 1.807) is 18.2 Å². The van der Waals surface area contributed by atoms with Crippen molar-refractivity contribution < 1.29 is 19.4 Å². The number of para-hydroxylation sites is 1. The Morgan fingerprint density at radius 2 is 1.92 bits per heavy atom. The van der Waals surface area contributed by atoms with Crippen molar-refractivity contribution in [2.24, 2.45) is 5.73 Å². The van der Waals surface area contributed by atoms with Crippen molar-refractivity contribution in [1.82, 2.24) is 4.98 Å². The molecular weight excluding hydrogens is 332 g/mol. The quantitative estimate of drug-likeness (QED) is 0.662. The van der Waals surface area contributed by atoms with E-state index in [2.05, 4.69) is 4.98 Å². The van der Waals surface area contributed by atoms with Gasteiger partial charge in [-0.3, -0.25) is 0 Å².